The molecular weight excluding hydrogens is 558 g/mol. The van der Waals surface area contributed by atoms with Crippen molar-refractivity contribution in [3.05, 3.63) is 96.4 Å². The maximum atomic E-state index is 13.0. The van der Waals surface area contributed by atoms with Gasteiger partial charge in [-0.2, -0.15) is 0 Å². The van der Waals surface area contributed by atoms with Crippen molar-refractivity contribution in [3.63, 3.8) is 0 Å². The molecule has 1 aliphatic rings. The second-order valence-electron chi connectivity index (χ2n) is 7.27. The number of rotatable bonds is 5. The minimum Gasteiger partial charge on any atom is -0.487 e. The predicted octanol–water partition coefficient (Wildman–Crippen LogP) is 7.20. The third-order valence-corrected chi connectivity index (χ3v) is 6.55. The maximum Gasteiger partial charge on any atom is 0.335 e. The molecule has 1 fully saturated rings. The van der Waals surface area contributed by atoms with Gasteiger partial charge < -0.3 is 4.74 Å². The summed E-state index contributed by atoms with van der Waals surface area (Å²) in [5.41, 5.74) is 1.04. The Labute approximate surface area is 224 Å². The molecule has 1 N–H and O–H groups in total. The number of nitrogens with zero attached hydrogens (tertiary/aromatic N) is 1. The molecule has 178 valence electrons. The lowest BCUT2D eigenvalue weighted by Crippen LogP contribution is -2.54. The average Bonchev–Trinajstić information content (AvgIpc) is 2.79. The molecule has 1 heterocycles. The van der Waals surface area contributed by atoms with Crippen LogP contribution in [0.4, 0.5) is 10.5 Å². The van der Waals surface area contributed by atoms with Crippen molar-refractivity contribution in [1.82, 2.24) is 5.32 Å². The molecule has 6 nitrogen and oxygen atoms in total. The molecule has 0 bridgehead atoms. The maximum absolute atomic E-state index is 13.0. The predicted molar refractivity (Wildman–Crippen MR) is 138 cm³/mol. The Hall–Kier alpha value is -2.74. The molecule has 3 aromatic carbocycles. The zero-order valence-electron chi connectivity index (χ0n) is 17.5. The summed E-state index contributed by atoms with van der Waals surface area (Å²) < 4.78 is 5.74. The smallest absolute Gasteiger partial charge is 0.335 e. The normalized spacial score (nSPS) is 14.9. The van der Waals surface area contributed by atoms with Gasteiger partial charge in [-0.1, -0.05) is 70.1 Å². The van der Waals surface area contributed by atoms with Gasteiger partial charge >= 0.3 is 6.03 Å². The third-order valence-electron chi connectivity index (χ3n) is 4.93. The van der Waals surface area contributed by atoms with Crippen molar-refractivity contribution in [2.75, 3.05) is 4.90 Å². The van der Waals surface area contributed by atoms with Gasteiger partial charge in [0.05, 0.1) is 20.8 Å². The van der Waals surface area contributed by atoms with Crippen LogP contribution in [0.1, 0.15) is 11.1 Å². The lowest BCUT2D eigenvalue weighted by molar-refractivity contribution is -0.122. The fraction of sp³-hybridized carbons (Fsp3) is 0.0417. The molecule has 11 heteroatoms. The highest BCUT2D eigenvalue weighted by atomic mass is 35.5. The zero-order valence-corrected chi connectivity index (χ0v) is 21.2. The summed E-state index contributed by atoms with van der Waals surface area (Å²) in [7, 11) is 0. The Balaban J connectivity index is 1.57. The van der Waals surface area contributed by atoms with Crippen LogP contribution < -0.4 is 15.0 Å². The summed E-state index contributed by atoms with van der Waals surface area (Å²) in [6.45, 7) is 0.151. The number of hydrogen-bond acceptors (Lipinski definition) is 4. The number of amides is 4. The number of imide groups is 2. The molecule has 1 saturated heterocycles. The molecule has 4 amide bonds. The Morgan fingerprint density at radius 2 is 1.57 bits per heavy atom. The second-order valence-corrected chi connectivity index (χ2v) is 9.34. The molecule has 0 aliphatic carbocycles. The number of urea groups is 1. The van der Waals surface area contributed by atoms with Gasteiger partial charge in [-0.3, -0.25) is 14.9 Å². The zero-order chi connectivity index (χ0) is 25.3. The first kappa shape index (κ1) is 25.4. The second kappa shape index (κ2) is 10.5. The van der Waals surface area contributed by atoms with E-state index < -0.39 is 17.8 Å². The number of carbonyl (C=O) groups is 3. The van der Waals surface area contributed by atoms with Crippen LogP contribution in [-0.2, 0) is 16.2 Å². The Morgan fingerprint density at radius 1 is 0.800 bits per heavy atom. The van der Waals surface area contributed by atoms with Gasteiger partial charge in [-0.05, 0) is 54.1 Å². The third kappa shape index (κ3) is 5.58. The van der Waals surface area contributed by atoms with Crippen molar-refractivity contribution >= 4 is 87.6 Å². The number of anilines is 1. The number of hydrogen-bond donors (Lipinski definition) is 1. The first-order chi connectivity index (χ1) is 16.6. The first-order valence-corrected chi connectivity index (χ1v) is 11.8. The van der Waals surface area contributed by atoms with Crippen molar-refractivity contribution in [2.24, 2.45) is 0 Å². The summed E-state index contributed by atoms with van der Waals surface area (Å²) in [6.07, 6.45) is 1.32. The van der Waals surface area contributed by atoms with Crippen LogP contribution >= 0.6 is 58.0 Å². The van der Waals surface area contributed by atoms with Crippen LogP contribution in [0.15, 0.2) is 60.2 Å². The van der Waals surface area contributed by atoms with E-state index in [1.165, 1.54) is 30.3 Å². The molecule has 3 aromatic rings. The molecule has 0 saturated carbocycles. The Bertz CT molecular complexity index is 1410. The van der Waals surface area contributed by atoms with Crippen LogP contribution in [-0.4, -0.2) is 17.8 Å². The molecule has 35 heavy (non-hydrogen) atoms. The summed E-state index contributed by atoms with van der Waals surface area (Å²) in [4.78, 5) is 38.6. The van der Waals surface area contributed by atoms with Crippen molar-refractivity contribution < 1.29 is 19.1 Å². The van der Waals surface area contributed by atoms with E-state index in [1.807, 2.05) is 0 Å². The summed E-state index contributed by atoms with van der Waals surface area (Å²) in [5, 5.41) is 3.75. The van der Waals surface area contributed by atoms with Crippen LogP contribution in [0.5, 0.6) is 5.75 Å². The first-order valence-electron chi connectivity index (χ1n) is 9.87. The lowest BCUT2D eigenvalue weighted by atomic mass is 10.1. The number of nitrogens with one attached hydrogen (secondary N) is 1. The van der Waals surface area contributed by atoms with E-state index in [2.05, 4.69) is 5.32 Å². The van der Waals surface area contributed by atoms with Gasteiger partial charge in [-0.15, -0.1) is 0 Å². The minimum atomic E-state index is -0.904. The van der Waals surface area contributed by atoms with Crippen molar-refractivity contribution in [2.45, 2.75) is 6.61 Å². The number of ether oxygens (including phenoxy) is 1. The largest absolute Gasteiger partial charge is 0.487 e. The molecule has 0 atom stereocenters. The van der Waals surface area contributed by atoms with Crippen molar-refractivity contribution in [3.8, 4) is 5.75 Å². The summed E-state index contributed by atoms with van der Waals surface area (Å²) in [5.74, 6) is -1.30. The molecule has 0 unspecified atom stereocenters. The van der Waals surface area contributed by atoms with E-state index in [0.717, 1.165) is 10.5 Å². The highest BCUT2D eigenvalue weighted by molar-refractivity contribution is 6.43. The summed E-state index contributed by atoms with van der Waals surface area (Å²) >= 11 is 30.3. The van der Waals surface area contributed by atoms with Crippen LogP contribution in [0.2, 0.25) is 25.1 Å². The van der Waals surface area contributed by atoms with Crippen LogP contribution in [0.3, 0.4) is 0 Å². The van der Waals surface area contributed by atoms with Gasteiger partial charge in [0.15, 0.2) is 0 Å². The highest BCUT2D eigenvalue weighted by Crippen LogP contribution is 2.31. The molecule has 1 aliphatic heterocycles. The Kier molecular flexibility index (Phi) is 7.59. The van der Waals surface area contributed by atoms with Gasteiger partial charge in [0, 0.05) is 15.6 Å². The lowest BCUT2D eigenvalue weighted by Gasteiger charge is -2.26. The molecule has 0 radical (unpaired) electrons. The Morgan fingerprint density at radius 3 is 2.26 bits per heavy atom. The number of carbonyl (C=O) groups excluding carboxylic acids is 3. The van der Waals surface area contributed by atoms with Crippen LogP contribution in [0.25, 0.3) is 6.08 Å². The standard InChI is InChI=1S/C24H13Cl5N2O4/c25-14-3-2-13(18(27)9-14)11-35-21-6-1-12(8-20(21)29)7-16-22(32)30-24(34)31(23(16)33)15-4-5-17(26)19(28)10-15/h1-10H,11H2,(H,30,32,34)/b16-7+. The number of benzene rings is 3. The highest BCUT2D eigenvalue weighted by Gasteiger charge is 2.37. The molecule has 0 spiro atoms. The molecule has 4 rings (SSSR count). The minimum absolute atomic E-state index is 0.148. The van der Waals surface area contributed by atoms with E-state index in [0.29, 0.717) is 21.4 Å². The van der Waals surface area contributed by atoms with Crippen LogP contribution in [0, 0.1) is 0 Å². The fourth-order valence-corrected chi connectivity index (χ4v) is 4.20. The average molecular weight is 571 g/mol. The van der Waals surface area contributed by atoms with Gasteiger partial charge in [0.2, 0.25) is 0 Å². The van der Waals surface area contributed by atoms with E-state index in [9.17, 15) is 14.4 Å². The topological polar surface area (TPSA) is 75.7 Å². The van der Waals surface area contributed by atoms with E-state index in [1.54, 1.807) is 30.3 Å². The monoisotopic (exact) mass is 568 g/mol. The summed E-state index contributed by atoms with van der Waals surface area (Å²) in [6, 6.07) is 13.1. The quantitative estimate of drug-likeness (QED) is 0.260. The molecule has 0 aromatic heterocycles. The van der Waals surface area contributed by atoms with Crippen molar-refractivity contribution in [1.29, 1.82) is 0 Å². The SMILES string of the molecule is O=C1NC(=O)N(c2ccc(Cl)c(Cl)c2)C(=O)/C1=C/c1ccc(OCc2ccc(Cl)cc2Cl)c(Cl)c1. The number of barbiturate groups is 1. The molecular formula is C24H13Cl5N2O4. The van der Waals surface area contributed by atoms with Gasteiger partial charge in [0.25, 0.3) is 11.8 Å². The van der Waals surface area contributed by atoms with E-state index in [-0.39, 0.29) is 32.9 Å². The van der Waals surface area contributed by atoms with E-state index >= 15 is 0 Å². The van der Waals surface area contributed by atoms with Gasteiger partial charge in [-0.25, -0.2) is 9.69 Å². The fourth-order valence-electron chi connectivity index (χ4n) is 3.20. The van der Waals surface area contributed by atoms with Gasteiger partial charge in [0.1, 0.15) is 17.9 Å². The van der Waals surface area contributed by atoms with E-state index in [4.69, 9.17) is 62.7 Å². The number of halogens is 5.